The van der Waals surface area contributed by atoms with E-state index in [-0.39, 0.29) is 12.4 Å². The number of alkyl halides is 3. The Morgan fingerprint density at radius 1 is 1.28 bits per heavy atom. The summed E-state index contributed by atoms with van der Waals surface area (Å²) in [5.74, 6) is 1.76. The zero-order valence-corrected chi connectivity index (χ0v) is 10.5. The van der Waals surface area contributed by atoms with Gasteiger partial charge in [0.15, 0.2) is 0 Å². The molecule has 0 radical (unpaired) electrons. The molecule has 1 rings (SSSR count). The van der Waals surface area contributed by atoms with Crippen LogP contribution in [0.3, 0.4) is 0 Å². The SMILES string of the molecule is CNCCC(=C=O)c1ccc(C(F)(F)F)cc1.Cl. The smallest absolute Gasteiger partial charge is 0.319 e. The van der Waals surface area contributed by atoms with Crippen molar-refractivity contribution in [3.05, 3.63) is 35.4 Å². The third-order valence-electron chi connectivity index (χ3n) is 2.31. The summed E-state index contributed by atoms with van der Waals surface area (Å²) in [7, 11) is 1.73. The topological polar surface area (TPSA) is 29.1 Å². The second kappa shape index (κ2) is 7.21. The molecule has 0 aliphatic carbocycles. The number of halogens is 4. The lowest BCUT2D eigenvalue weighted by atomic mass is 10.0. The fourth-order valence-electron chi connectivity index (χ4n) is 1.36. The van der Waals surface area contributed by atoms with E-state index in [2.05, 4.69) is 5.32 Å². The summed E-state index contributed by atoms with van der Waals surface area (Å²) in [6.07, 6.45) is -3.92. The van der Waals surface area contributed by atoms with Crippen LogP contribution in [-0.4, -0.2) is 19.5 Å². The number of rotatable bonds is 4. The van der Waals surface area contributed by atoms with Gasteiger partial charge < -0.3 is 5.32 Å². The fourth-order valence-corrected chi connectivity index (χ4v) is 1.36. The molecule has 0 unspecified atom stereocenters. The molecule has 2 nitrogen and oxygen atoms in total. The Hall–Kier alpha value is -1.29. The highest BCUT2D eigenvalue weighted by molar-refractivity contribution is 5.87. The van der Waals surface area contributed by atoms with Gasteiger partial charge in [0.25, 0.3) is 0 Å². The highest BCUT2D eigenvalue weighted by atomic mass is 35.5. The first-order valence-electron chi connectivity index (χ1n) is 5.05. The molecule has 0 aliphatic heterocycles. The Bertz CT molecular complexity index is 422. The standard InChI is InChI=1S/C12H12F3NO.ClH/c1-16-7-6-10(8-17)9-2-4-11(5-3-9)12(13,14)15;/h2-5,16H,6-7H2,1H3;1H. The van der Waals surface area contributed by atoms with Gasteiger partial charge in [0.2, 0.25) is 0 Å². The van der Waals surface area contributed by atoms with Gasteiger partial charge in [-0.3, -0.25) is 0 Å². The van der Waals surface area contributed by atoms with Crippen molar-refractivity contribution in [1.29, 1.82) is 0 Å². The Labute approximate surface area is 109 Å². The molecule has 0 aliphatic rings. The van der Waals surface area contributed by atoms with E-state index < -0.39 is 11.7 Å². The van der Waals surface area contributed by atoms with Gasteiger partial charge in [0.1, 0.15) is 5.94 Å². The summed E-state index contributed by atoms with van der Waals surface area (Å²) in [4.78, 5) is 10.7. The van der Waals surface area contributed by atoms with Crippen molar-refractivity contribution < 1.29 is 18.0 Å². The highest BCUT2D eigenvalue weighted by Gasteiger charge is 2.30. The summed E-state index contributed by atoms with van der Waals surface area (Å²) in [6, 6.07) is 4.51. The van der Waals surface area contributed by atoms with Crippen molar-refractivity contribution in [3.63, 3.8) is 0 Å². The Morgan fingerprint density at radius 3 is 2.22 bits per heavy atom. The molecule has 0 saturated carbocycles. The van der Waals surface area contributed by atoms with Crippen LogP contribution in [0, 0.1) is 0 Å². The van der Waals surface area contributed by atoms with Gasteiger partial charge in [-0.05, 0) is 37.7 Å². The van der Waals surface area contributed by atoms with Crippen LogP contribution in [-0.2, 0) is 11.0 Å². The number of hydrogen-bond donors (Lipinski definition) is 1. The average Bonchev–Trinajstić information content (AvgIpc) is 2.29. The predicted molar refractivity (Wildman–Crippen MR) is 66.3 cm³/mol. The molecule has 0 bridgehead atoms. The summed E-state index contributed by atoms with van der Waals surface area (Å²) in [6.45, 7) is 0.575. The molecule has 0 saturated heterocycles. The Balaban J connectivity index is 0.00000289. The van der Waals surface area contributed by atoms with Crippen molar-refractivity contribution >= 4 is 23.9 Å². The van der Waals surface area contributed by atoms with E-state index in [4.69, 9.17) is 0 Å². The van der Waals surface area contributed by atoms with Crippen LogP contribution < -0.4 is 5.32 Å². The number of hydrogen-bond acceptors (Lipinski definition) is 2. The Kier molecular flexibility index (Phi) is 6.70. The minimum absolute atomic E-state index is 0. The van der Waals surface area contributed by atoms with Crippen molar-refractivity contribution in [1.82, 2.24) is 5.32 Å². The quantitative estimate of drug-likeness (QED) is 0.859. The molecule has 1 aromatic rings. The summed E-state index contributed by atoms with van der Waals surface area (Å²) in [5, 5.41) is 2.86. The molecule has 1 aromatic carbocycles. The van der Waals surface area contributed by atoms with Gasteiger partial charge in [-0.2, -0.15) is 13.2 Å². The predicted octanol–water partition coefficient (Wildman–Crippen LogP) is 2.95. The monoisotopic (exact) mass is 279 g/mol. The van der Waals surface area contributed by atoms with Crippen LogP contribution in [0.2, 0.25) is 0 Å². The first-order valence-corrected chi connectivity index (χ1v) is 5.05. The third-order valence-corrected chi connectivity index (χ3v) is 2.31. The molecule has 0 heterocycles. The lowest BCUT2D eigenvalue weighted by molar-refractivity contribution is -0.137. The second-order valence-electron chi connectivity index (χ2n) is 3.51. The lowest BCUT2D eigenvalue weighted by Crippen LogP contribution is -2.08. The first kappa shape index (κ1) is 16.7. The summed E-state index contributed by atoms with van der Waals surface area (Å²) < 4.78 is 36.9. The molecule has 6 heteroatoms. The molecule has 0 fully saturated rings. The third kappa shape index (κ3) is 4.53. The van der Waals surface area contributed by atoms with Gasteiger partial charge in [0, 0.05) is 5.57 Å². The lowest BCUT2D eigenvalue weighted by Gasteiger charge is -2.08. The number of carbonyl (C=O) groups excluding carboxylic acids is 1. The minimum atomic E-state index is -4.35. The van der Waals surface area contributed by atoms with Gasteiger partial charge in [0.05, 0.1) is 5.56 Å². The normalized spacial score (nSPS) is 10.4. The van der Waals surface area contributed by atoms with Crippen LogP contribution in [0.25, 0.3) is 5.57 Å². The maximum Gasteiger partial charge on any atom is 0.416 e. The average molecular weight is 280 g/mol. The van der Waals surface area contributed by atoms with Gasteiger partial charge in [-0.15, -0.1) is 12.4 Å². The molecular weight excluding hydrogens is 267 g/mol. The van der Waals surface area contributed by atoms with E-state index in [0.29, 0.717) is 24.1 Å². The molecule has 0 atom stereocenters. The van der Waals surface area contributed by atoms with Crippen LogP contribution in [0.15, 0.2) is 24.3 Å². The fraction of sp³-hybridized carbons (Fsp3) is 0.333. The summed E-state index contributed by atoms with van der Waals surface area (Å²) >= 11 is 0. The van der Waals surface area contributed by atoms with Crippen LogP contribution >= 0.6 is 12.4 Å². The van der Waals surface area contributed by atoms with E-state index in [1.165, 1.54) is 12.1 Å². The van der Waals surface area contributed by atoms with Gasteiger partial charge in [-0.1, -0.05) is 12.1 Å². The van der Waals surface area contributed by atoms with E-state index in [0.717, 1.165) is 12.1 Å². The zero-order chi connectivity index (χ0) is 12.9. The van der Waals surface area contributed by atoms with E-state index >= 15 is 0 Å². The van der Waals surface area contributed by atoms with Crippen molar-refractivity contribution in [2.75, 3.05) is 13.6 Å². The van der Waals surface area contributed by atoms with Crippen molar-refractivity contribution in [3.8, 4) is 0 Å². The Morgan fingerprint density at radius 2 is 1.83 bits per heavy atom. The molecule has 18 heavy (non-hydrogen) atoms. The number of benzene rings is 1. The van der Waals surface area contributed by atoms with E-state index in [9.17, 15) is 18.0 Å². The molecule has 0 spiro atoms. The first-order chi connectivity index (χ1) is 7.99. The molecule has 0 aromatic heterocycles. The van der Waals surface area contributed by atoms with Gasteiger partial charge in [-0.25, -0.2) is 4.79 Å². The maximum atomic E-state index is 12.3. The molecular formula is C12H13ClF3NO. The summed E-state index contributed by atoms with van der Waals surface area (Å²) in [5.41, 5.74) is 0.122. The maximum absolute atomic E-state index is 12.3. The molecule has 1 N–H and O–H groups in total. The van der Waals surface area contributed by atoms with Crippen LogP contribution in [0.1, 0.15) is 17.5 Å². The minimum Gasteiger partial charge on any atom is -0.319 e. The van der Waals surface area contributed by atoms with E-state index in [1.807, 2.05) is 0 Å². The molecule has 0 amide bonds. The molecule has 100 valence electrons. The number of nitrogens with one attached hydrogen (secondary N) is 1. The van der Waals surface area contributed by atoms with E-state index in [1.54, 1.807) is 13.0 Å². The second-order valence-corrected chi connectivity index (χ2v) is 3.51. The largest absolute Gasteiger partial charge is 0.416 e. The van der Waals surface area contributed by atoms with Crippen LogP contribution in [0.5, 0.6) is 0 Å². The zero-order valence-electron chi connectivity index (χ0n) is 9.67. The highest BCUT2D eigenvalue weighted by Crippen LogP contribution is 2.30. The van der Waals surface area contributed by atoms with Crippen LogP contribution in [0.4, 0.5) is 13.2 Å². The van der Waals surface area contributed by atoms with Crippen molar-refractivity contribution in [2.24, 2.45) is 0 Å². The van der Waals surface area contributed by atoms with Crippen molar-refractivity contribution in [2.45, 2.75) is 12.6 Å². The van der Waals surface area contributed by atoms with Gasteiger partial charge >= 0.3 is 6.18 Å².